The van der Waals surface area contributed by atoms with Crippen LogP contribution in [0.25, 0.3) is 5.65 Å². The van der Waals surface area contributed by atoms with Gasteiger partial charge in [-0.3, -0.25) is 9.20 Å². The summed E-state index contributed by atoms with van der Waals surface area (Å²) < 4.78 is 1.83. The Hall–Kier alpha value is -2.25. The Labute approximate surface area is 119 Å². The van der Waals surface area contributed by atoms with E-state index in [1.165, 1.54) is 11.3 Å². The molecule has 0 fully saturated rings. The van der Waals surface area contributed by atoms with Gasteiger partial charge in [0.05, 0.1) is 6.54 Å². The van der Waals surface area contributed by atoms with E-state index in [1.807, 2.05) is 46.3 Å². The van der Waals surface area contributed by atoms with Crippen LogP contribution < -0.4 is 11.1 Å². The Balaban J connectivity index is 1.69. The third-order valence-electron chi connectivity index (χ3n) is 2.94. The van der Waals surface area contributed by atoms with Crippen molar-refractivity contribution >= 4 is 22.9 Å². The largest absolute Gasteiger partial charge is 0.347 e. The lowest BCUT2D eigenvalue weighted by molar-refractivity contribution is -0.122. The molecule has 102 valence electrons. The van der Waals surface area contributed by atoms with Crippen LogP contribution in [0.2, 0.25) is 0 Å². The van der Waals surface area contributed by atoms with Crippen LogP contribution in [0.4, 0.5) is 0 Å². The molecule has 0 radical (unpaired) electrons. The van der Waals surface area contributed by atoms with Gasteiger partial charge in [-0.2, -0.15) is 0 Å². The maximum atomic E-state index is 12.0. The van der Waals surface area contributed by atoms with Crippen molar-refractivity contribution in [3.05, 3.63) is 52.6 Å². The van der Waals surface area contributed by atoms with Crippen LogP contribution in [-0.4, -0.2) is 20.5 Å². The lowest BCUT2D eigenvalue weighted by atomic mass is 10.2. The van der Waals surface area contributed by atoms with Crippen LogP contribution in [-0.2, 0) is 11.3 Å². The van der Waals surface area contributed by atoms with Crippen LogP contribution in [0, 0.1) is 0 Å². The molecule has 20 heavy (non-hydrogen) atoms. The Morgan fingerprint density at radius 1 is 1.35 bits per heavy atom. The van der Waals surface area contributed by atoms with E-state index < -0.39 is 6.04 Å². The van der Waals surface area contributed by atoms with E-state index in [0.29, 0.717) is 12.4 Å². The number of amides is 1. The summed E-state index contributed by atoms with van der Waals surface area (Å²) in [5.41, 5.74) is 6.64. The molecule has 3 aromatic rings. The molecule has 7 heteroatoms. The number of hydrogen-bond donors (Lipinski definition) is 2. The molecule has 3 aromatic heterocycles. The molecule has 6 nitrogen and oxygen atoms in total. The highest BCUT2D eigenvalue weighted by Gasteiger charge is 2.17. The summed E-state index contributed by atoms with van der Waals surface area (Å²) in [6, 6.07) is 8.71. The Kier molecular flexibility index (Phi) is 3.44. The molecule has 3 N–H and O–H groups in total. The normalized spacial score (nSPS) is 12.4. The highest BCUT2D eigenvalue weighted by Crippen LogP contribution is 2.16. The van der Waals surface area contributed by atoms with E-state index in [9.17, 15) is 4.79 Å². The average molecular weight is 287 g/mol. The fourth-order valence-corrected chi connectivity index (χ4v) is 2.61. The van der Waals surface area contributed by atoms with Crippen molar-refractivity contribution in [2.45, 2.75) is 12.6 Å². The van der Waals surface area contributed by atoms with Crippen molar-refractivity contribution in [2.24, 2.45) is 5.73 Å². The second kappa shape index (κ2) is 5.40. The SMILES string of the molecule is NC(C(=O)NCc1nnc2ccccn12)c1cccs1. The van der Waals surface area contributed by atoms with E-state index in [2.05, 4.69) is 15.5 Å². The first-order valence-corrected chi connectivity index (χ1v) is 6.99. The van der Waals surface area contributed by atoms with E-state index in [0.717, 1.165) is 10.5 Å². The molecule has 1 unspecified atom stereocenters. The molecule has 0 aliphatic heterocycles. The zero-order chi connectivity index (χ0) is 13.9. The topological polar surface area (TPSA) is 85.3 Å². The van der Waals surface area contributed by atoms with Crippen molar-refractivity contribution in [1.82, 2.24) is 19.9 Å². The van der Waals surface area contributed by atoms with Crippen LogP contribution >= 0.6 is 11.3 Å². The van der Waals surface area contributed by atoms with Crippen molar-refractivity contribution in [3.8, 4) is 0 Å². The van der Waals surface area contributed by atoms with Crippen LogP contribution in [0.3, 0.4) is 0 Å². The van der Waals surface area contributed by atoms with E-state index in [-0.39, 0.29) is 5.91 Å². The van der Waals surface area contributed by atoms with Gasteiger partial charge in [-0.1, -0.05) is 12.1 Å². The van der Waals surface area contributed by atoms with Gasteiger partial charge in [0.2, 0.25) is 5.91 Å². The highest BCUT2D eigenvalue weighted by atomic mass is 32.1. The first-order chi connectivity index (χ1) is 9.75. The van der Waals surface area contributed by atoms with Gasteiger partial charge in [0.25, 0.3) is 0 Å². The fourth-order valence-electron chi connectivity index (χ4n) is 1.89. The van der Waals surface area contributed by atoms with Crippen LogP contribution in [0.5, 0.6) is 0 Å². The molecule has 0 saturated carbocycles. The number of thiophene rings is 1. The molecule has 0 bridgehead atoms. The maximum Gasteiger partial charge on any atom is 0.242 e. The zero-order valence-corrected chi connectivity index (χ0v) is 11.4. The molecular formula is C13H13N5OS. The molecular weight excluding hydrogens is 274 g/mol. The number of rotatable bonds is 4. The molecule has 1 atom stereocenters. The molecule has 0 saturated heterocycles. The average Bonchev–Trinajstić information content (AvgIpc) is 3.13. The summed E-state index contributed by atoms with van der Waals surface area (Å²) in [7, 11) is 0. The highest BCUT2D eigenvalue weighted by molar-refractivity contribution is 7.10. The first kappa shape index (κ1) is 12.8. The predicted molar refractivity (Wildman–Crippen MR) is 76.1 cm³/mol. The standard InChI is InChI=1S/C13H13N5OS/c14-12(9-4-3-7-20-9)13(19)15-8-11-17-16-10-5-1-2-6-18(10)11/h1-7,12H,8,14H2,(H,15,19). The number of aromatic nitrogens is 3. The molecule has 3 heterocycles. The van der Waals surface area contributed by atoms with Gasteiger partial charge in [-0.25, -0.2) is 0 Å². The van der Waals surface area contributed by atoms with Crippen molar-refractivity contribution in [3.63, 3.8) is 0 Å². The Bertz CT molecular complexity index is 721. The molecule has 0 aliphatic rings. The molecule has 0 spiro atoms. The van der Waals surface area contributed by atoms with Crippen molar-refractivity contribution in [1.29, 1.82) is 0 Å². The minimum Gasteiger partial charge on any atom is -0.347 e. The molecule has 0 aromatic carbocycles. The maximum absolute atomic E-state index is 12.0. The third kappa shape index (κ3) is 2.40. The van der Waals surface area contributed by atoms with Gasteiger partial charge in [0, 0.05) is 11.1 Å². The quantitative estimate of drug-likeness (QED) is 0.752. The molecule has 3 rings (SSSR count). The number of carbonyl (C=O) groups is 1. The Morgan fingerprint density at radius 3 is 3.05 bits per heavy atom. The van der Waals surface area contributed by atoms with Gasteiger partial charge >= 0.3 is 0 Å². The summed E-state index contributed by atoms with van der Waals surface area (Å²) >= 11 is 1.47. The molecule has 1 amide bonds. The Morgan fingerprint density at radius 2 is 2.25 bits per heavy atom. The summed E-state index contributed by atoms with van der Waals surface area (Å²) in [5.74, 6) is 0.451. The van der Waals surface area contributed by atoms with Gasteiger partial charge in [-0.05, 0) is 23.6 Å². The minimum atomic E-state index is -0.644. The third-order valence-corrected chi connectivity index (χ3v) is 3.89. The smallest absolute Gasteiger partial charge is 0.242 e. The van der Waals surface area contributed by atoms with Gasteiger partial charge < -0.3 is 11.1 Å². The first-order valence-electron chi connectivity index (χ1n) is 6.11. The van der Waals surface area contributed by atoms with Crippen molar-refractivity contribution < 1.29 is 4.79 Å². The predicted octanol–water partition coefficient (Wildman–Crippen LogP) is 1.11. The van der Waals surface area contributed by atoms with Gasteiger partial charge in [0.1, 0.15) is 6.04 Å². The number of hydrogen-bond acceptors (Lipinski definition) is 5. The number of fused-ring (bicyclic) bond motifs is 1. The summed E-state index contributed by atoms with van der Waals surface area (Å²) in [4.78, 5) is 12.8. The summed E-state index contributed by atoms with van der Waals surface area (Å²) in [6.07, 6.45) is 1.86. The number of pyridine rings is 1. The number of nitrogens with two attached hydrogens (primary N) is 1. The second-order valence-corrected chi connectivity index (χ2v) is 5.24. The number of nitrogens with one attached hydrogen (secondary N) is 1. The van der Waals surface area contributed by atoms with E-state index >= 15 is 0 Å². The van der Waals surface area contributed by atoms with Gasteiger partial charge in [0.15, 0.2) is 11.5 Å². The van der Waals surface area contributed by atoms with E-state index in [1.54, 1.807) is 0 Å². The van der Waals surface area contributed by atoms with Crippen LogP contribution in [0.1, 0.15) is 16.7 Å². The van der Waals surface area contributed by atoms with E-state index in [4.69, 9.17) is 5.73 Å². The lowest BCUT2D eigenvalue weighted by Crippen LogP contribution is -2.33. The second-order valence-electron chi connectivity index (χ2n) is 4.26. The lowest BCUT2D eigenvalue weighted by Gasteiger charge is -2.09. The summed E-state index contributed by atoms with van der Waals surface area (Å²) in [6.45, 7) is 0.295. The fraction of sp³-hybridized carbons (Fsp3) is 0.154. The number of carbonyl (C=O) groups excluding carboxylic acids is 1. The zero-order valence-electron chi connectivity index (χ0n) is 10.6. The van der Waals surface area contributed by atoms with Crippen molar-refractivity contribution in [2.75, 3.05) is 0 Å². The van der Waals surface area contributed by atoms with Gasteiger partial charge in [-0.15, -0.1) is 21.5 Å². The molecule has 0 aliphatic carbocycles. The summed E-state index contributed by atoms with van der Waals surface area (Å²) in [5, 5.41) is 12.8. The number of nitrogens with zero attached hydrogens (tertiary/aromatic N) is 3. The minimum absolute atomic E-state index is 0.222. The van der Waals surface area contributed by atoms with Crippen LogP contribution in [0.15, 0.2) is 41.9 Å². The monoisotopic (exact) mass is 287 g/mol.